The van der Waals surface area contributed by atoms with Gasteiger partial charge in [-0.2, -0.15) is 0 Å². The molecule has 1 aromatic rings. The minimum Gasteiger partial charge on any atom is -0.388 e. The third-order valence-corrected chi connectivity index (χ3v) is 5.39. The summed E-state index contributed by atoms with van der Waals surface area (Å²) in [6, 6.07) is 6.04. The van der Waals surface area contributed by atoms with Crippen LogP contribution in [0.5, 0.6) is 0 Å². The fourth-order valence-corrected chi connectivity index (χ4v) is 3.99. The Morgan fingerprint density at radius 3 is 2.72 bits per heavy atom. The lowest BCUT2D eigenvalue weighted by atomic mass is 9.73. The second-order valence-electron chi connectivity index (χ2n) is 5.23. The molecule has 0 amide bonds. The zero-order valence-corrected chi connectivity index (χ0v) is 13.9. The summed E-state index contributed by atoms with van der Waals surface area (Å²) in [4.78, 5) is 0. The topological polar surface area (TPSA) is 20.2 Å². The van der Waals surface area contributed by atoms with E-state index in [-0.39, 0.29) is 6.10 Å². The van der Waals surface area contributed by atoms with Crippen molar-refractivity contribution in [3.63, 3.8) is 0 Å². The lowest BCUT2D eigenvalue weighted by Crippen LogP contribution is -2.25. The number of halogens is 2. The summed E-state index contributed by atoms with van der Waals surface area (Å²) in [5, 5.41) is 10.7. The Morgan fingerprint density at radius 2 is 2.00 bits per heavy atom. The molecule has 0 radical (unpaired) electrons. The lowest BCUT2D eigenvalue weighted by molar-refractivity contribution is 0.0447. The zero-order chi connectivity index (χ0) is 13.1. The molecule has 0 aliphatic heterocycles. The van der Waals surface area contributed by atoms with E-state index in [1.54, 1.807) is 0 Å². The maximum Gasteiger partial charge on any atom is 0.0832 e. The van der Waals surface area contributed by atoms with Crippen molar-refractivity contribution in [2.24, 2.45) is 11.8 Å². The SMILES string of the molecule is CCC1CCCCC1C(O)c1cc(Br)ccc1Br. The van der Waals surface area contributed by atoms with E-state index in [4.69, 9.17) is 0 Å². The van der Waals surface area contributed by atoms with E-state index in [0.29, 0.717) is 11.8 Å². The van der Waals surface area contributed by atoms with Crippen molar-refractivity contribution < 1.29 is 5.11 Å². The normalized spacial score (nSPS) is 26.0. The molecule has 1 saturated carbocycles. The first-order chi connectivity index (χ1) is 8.63. The number of aliphatic hydroxyl groups is 1. The highest BCUT2D eigenvalue weighted by Crippen LogP contribution is 2.42. The van der Waals surface area contributed by atoms with Crippen LogP contribution in [0.2, 0.25) is 0 Å². The minimum atomic E-state index is -0.345. The molecular weight excluding hydrogens is 356 g/mol. The fraction of sp³-hybridized carbons (Fsp3) is 0.600. The van der Waals surface area contributed by atoms with E-state index in [1.165, 1.54) is 25.7 Å². The number of hydrogen-bond acceptors (Lipinski definition) is 1. The van der Waals surface area contributed by atoms with Crippen LogP contribution in [-0.2, 0) is 0 Å². The molecule has 3 heteroatoms. The van der Waals surface area contributed by atoms with Crippen molar-refractivity contribution in [2.45, 2.75) is 45.1 Å². The van der Waals surface area contributed by atoms with Crippen molar-refractivity contribution in [2.75, 3.05) is 0 Å². The molecule has 3 unspecified atom stereocenters. The van der Waals surface area contributed by atoms with Crippen molar-refractivity contribution in [3.05, 3.63) is 32.7 Å². The predicted octanol–water partition coefficient (Wildman–Crippen LogP) is 5.46. The molecule has 0 aromatic heterocycles. The molecule has 1 fully saturated rings. The van der Waals surface area contributed by atoms with E-state index in [1.807, 2.05) is 18.2 Å². The van der Waals surface area contributed by atoms with E-state index < -0.39 is 0 Å². The zero-order valence-electron chi connectivity index (χ0n) is 10.7. The van der Waals surface area contributed by atoms with Crippen LogP contribution >= 0.6 is 31.9 Å². The summed E-state index contributed by atoms with van der Waals surface area (Å²) in [6.45, 7) is 2.24. The minimum absolute atomic E-state index is 0.345. The standard InChI is InChI=1S/C15H20Br2O/c1-2-10-5-3-4-6-12(10)15(18)13-9-11(16)7-8-14(13)17/h7-10,12,15,18H,2-6H2,1H3. The summed E-state index contributed by atoms with van der Waals surface area (Å²) in [5.41, 5.74) is 1.02. The molecule has 0 spiro atoms. The van der Waals surface area contributed by atoms with Gasteiger partial charge < -0.3 is 5.11 Å². The maximum absolute atomic E-state index is 10.7. The van der Waals surface area contributed by atoms with E-state index in [0.717, 1.165) is 20.9 Å². The quantitative estimate of drug-likeness (QED) is 0.743. The van der Waals surface area contributed by atoms with Crippen LogP contribution in [0, 0.1) is 11.8 Å². The summed E-state index contributed by atoms with van der Waals surface area (Å²) in [5.74, 6) is 1.08. The first-order valence-corrected chi connectivity index (χ1v) is 8.35. The van der Waals surface area contributed by atoms with Gasteiger partial charge in [0.1, 0.15) is 0 Å². The number of benzene rings is 1. The highest BCUT2D eigenvalue weighted by molar-refractivity contribution is 9.11. The van der Waals surface area contributed by atoms with Gasteiger partial charge in [0.15, 0.2) is 0 Å². The third-order valence-electron chi connectivity index (χ3n) is 4.17. The Hall–Kier alpha value is 0.140. The number of hydrogen-bond donors (Lipinski definition) is 1. The highest BCUT2D eigenvalue weighted by Gasteiger charge is 2.31. The largest absolute Gasteiger partial charge is 0.388 e. The molecule has 1 aliphatic rings. The second kappa shape index (κ2) is 6.53. The van der Waals surface area contributed by atoms with Crippen molar-refractivity contribution in [1.82, 2.24) is 0 Å². The molecule has 1 aromatic carbocycles. The second-order valence-corrected chi connectivity index (χ2v) is 7.00. The number of rotatable bonds is 3. The Bertz CT molecular complexity index is 405. The van der Waals surface area contributed by atoms with Gasteiger partial charge in [-0.1, -0.05) is 64.5 Å². The van der Waals surface area contributed by atoms with Crippen LogP contribution in [-0.4, -0.2) is 5.11 Å². The van der Waals surface area contributed by atoms with Gasteiger partial charge in [0, 0.05) is 8.95 Å². The molecule has 0 bridgehead atoms. The number of aliphatic hydroxyl groups excluding tert-OH is 1. The molecule has 1 aliphatic carbocycles. The monoisotopic (exact) mass is 374 g/mol. The molecule has 100 valence electrons. The van der Waals surface area contributed by atoms with Gasteiger partial charge in [-0.05, 0) is 42.0 Å². The van der Waals surface area contributed by atoms with Gasteiger partial charge in [0.25, 0.3) is 0 Å². The molecule has 18 heavy (non-hydrogen) atoms. The smallest absolute Gasteiger partial charge is 0.0832 e. The van der Waals surface area contributed by atoms with Crippen molar-refractivity contribution in [1.29, 1.82) is 0 Å². The van der Waals surface area contributed by atoms with Gasteiger partial charge in [-0.25, -0.2) is 0 Å². The molecule has 2 rings (SSSR count). The average Bonchev–Trinajstić information content (AvgIpc) is 2.40. The average molecular weight is 376 g/mol. The van der Waals surface area contributed by atoms with Crippen LogP contribution in [0.25, 0.3) is 0 Å². The van der Waals surface area contributed by atoms with E-state index in [2.05, 4.69) is 38.8 Å². The molecule has 3 atom stereocenters. The Morgan fingerprint density at radius 1 is 1.28 bits per heavy atom. The van der Waals surface area contributed by atoms with Gasteiger partial charge in [-0.3, -0.25) is 0 Å². The summed E-state index contributed by atoms with van der Waals surface area (Å²) >= 11 is 7.05. The maximum atomic E-state index is 10.7. The highest BCUT2D eigenvalue weighted by atomic mass is 79.9. The Labute approximate surface area is 126 Å². The van der Waals surface area contributed by atoms with Gasteiger partial charge in [0.05, 0.1) is 6.10 Å². The third kappa shape index (κ3) is 3.17. The lowest BCUT2D eigenvalue weighted by Gasteiger charge is -2.35. The summed E-state index contributed by atoms with van der Waals surface area (Å²) in [6.07, 6.45) is 5.82. The Kier molecular flexibility index (Phi) is 5.28. The van der Waals surface area contributed by atoms with Crippen LogP contribution in [0.4, 0.5) is 0 Å². The van der Waals surface area contributed by atoms with Gasteiger partial charge in [-0.15, -0.1) is 0 Å². The van der Waals surface area contributed by atoms with Crippen molar-refractivity contribution in [3.8, 4) is 0 Å². The first kappa shape index (κ1) is 14.5. The van der Waals surface area contributed by atoms with Crippen LogP contribution in [0.1, 0.15) is 50.7 Å². The van der Waals surface area contributed by atoms with Crippen LogP contribution < -0.4 is 0 Å². The van der Waals surface area contributed by atoms with Crippen LogP contribution in [0.15, 0.2) is 27.1 Å². The predicted molar refractivity (Wildman–Crippen MR) is 82.5 cm³/mol. The fourth-order valence-electron chi connectivity index (χ4n) is 3.13. The Balaban J connectivity index is 2.23. The van der Waals surface area contributed by atoms with E-state index in [9.17, 15) is 5.11 Å². The molecular formula is C15H20Br2O. The van der Waals surface area contributed by atoms with Crippen LogP contribution in [0.3, 0.4) is 0 Å². The van der Waals surface area contributed by atoms with E-state index >= 15 is 0 Å². The summed E-state index contributed by atoms with van der Waals surface area (Å²) < 4.78 is 2.04. The van der Waals surface area contributed by atoms with Crippen molar-refractivity contribution >= 4 is 31.9 Å². The van der Waals surface area contributed by atoms with Gasteiger partial charge >= 0.3 is 0 Å². The molecule has 0 heterocycles. The first-order valence-electron chi connectivity index (χ1n) is 6.76. The molecule has 1 nitrogen and oxygen atoms in total. The molecule has 1 N–H and O–H groups in total. The molecule has 0 saturated heterocycles. The van der Waals surface area contributed by atoms with Gasteiger partial charge in [0.2, 0.25) is 0 Å². The summed E-state index contributed by atoms with van der Waals surface area (Å²) in [7, 11) is 0.